The first-order chi connectivity index (χ1) is 11.8. The Morgan fingerprint density at radius 1 is 1.00 bits per heavy atom. The predicted molar refractivity (Wildman–Crippen MR) is 75.6 cm³/mol. The number of nitrogens with zero attached hydrogens (tertiary/aromatic N) is 3. The fourth-order valence-electron chi connectivity index (χ4n) is 2.83. The average Bonchev–Trinajstić information content (AvgIpc) is 2.86. The largest absolute Gasteiger partial charge is 0.394 e. The summed E-state index contributed by atoms with van der Waals surface area (Å²) in [4.78, 5) is 2.49. The van der Waals surface area contributed by atoms with Crippen molar-refractivity contribution in [3.8, 4) is 0 Å². The number of hydrogen-bond acceptors (Lipinski definition) is 11. The summed E-state index contributed by atoms with van der Waals surface area (Å²) in [7, 11) is 0. The third-order valence-electron chi connectivity index (χ3n) is 4.26. The van der Waals surface area contributed by atoms with Crippen LogP contribution in [0.1, 0.15) is 0 Å². The van der Waals surface area contributed by atoms with Crippen molar-refractivity contribution in [2.45, 2.75) is 54.7 Å². The highest BCUT2D eigenvalue weighted by molar-refractivity contribution is 4.99. The lowest BCUT2D eigenvalue weighted by molar-refractivity contribution is -0.374. The zero-order valence-corrected chi connectivity index (χ0v) is 12.9. The predicted octanol–water partition coefficient (Wildman–Crippen LogP) is -4.08. The molecule has 2 heterocycles. The SMILES string of the molecule is [N-]=[N+]=N[C@@H]1[C@@H](O)[C@@H](O[C@]2(CO)O[C@H](CO)[C@@H](O)[C@@H]2O)O[C@H](CO)[C@H]1O. The molecule has 0 unspecified atom stereocenters. The van der Waals surface area contributed by atoms with Crippen LogP contribution >= 0.6 is 0 Å². The molecule has 13 heteroatoms. The van der Waals surface area contributed by atoms with Gasteiger partial charge in [-0.25, -0.2) is 0 Å². The fourth-order valence-corrected chi connectivity index (χ4v) is 2.83. The van der Waals surface area contributed by atoms with E-state index in [1.165, 1.54) is 0 Å². The Bertz CT molecular complexity index is 506. The maximum absolute atomic E-state index is 10.2. The molecule has 7 N–H and O–H groups in total. The highest BCUT2D eigenvalue weighted by atomic mass is 16.8. The number of rotatable bonds is 6. The van der Waals surface area contributed by atoms with Gasteiger partial charge in [-0.1, -0.05) is 5.11 Å². The maximum Gasteiger partial charge on any atom is 0.224 e. The molecule has 0 aromatic heterocycles. The summed E-state index contributed by atoms with van der Waals surface area (Å²) in [6, 6.07) is -1.45. The maximum atomic E-state index is 10.2. The minimum Gasteiger partial charge on any atom is -0.394 e. The molecule has 9 atom stereocenters. The first-order valence-electron chi connectivity index (χ1n) is 7.45. The standard InChI is InChI=1S/C12H21N3O10/c13-15-14-6-7(19)4(1-16)23-11(9(6)21)25-12(3-18)10(22)8(20)5(2-17)24-12/h4-11,16-22H,1-3H2/t4-,5-,6+,7-,8-,9-,10+,11-,12+/m1/s1. The van der Waals surface area contributed by atoms with Gasteiger partial charge in [0.1, 0.15) is 37.1 Å². The molecule has 2 aliphatic heterocycles. The van der Waals surface area contributed by atoms with Crippen molar-refractivity contribution in [3.05, 3.63) is 10.4 Å². The lowest BCUT2D eigenvalue weighted by Crippen LogP contribution is -2.62. The van der Waals surface area contributed by atoms with Gasteiger partial charge in [-0.2, -0.15) is 0 Å². The first-order valence-corrected chi connectivity index (χ1v) is 7.45. The quantitative estimate of drug-likeness (QED) is 0.137. The van der Waals surface area contributed by atoms with E-state index >= 15 is 0 Å². The summed E-state index contributed by atoms with van der Waals surface area (Å²) in [6.07, 6.45) is -10.9. The third kappa shape index (κ3) is 3.58. The number of aliphatic hydroxyl groups excluding tert-OH is 7. The highest BCUT2D eigenvalue weighted by Crippen LogP contribution is 2.36. The van der Waals surface area contributed by atoms with E-state index in [0.29, 0.717) is 0 Å². The van der Waals surface area contributed by atoms with Crippen LogP contribution in [0.15, 0.2) is 5.11 Å². The van der Waals surface area contributed by atoms with Crippen molar-refractivity contribution >= 4 is 0 Å². The molecule has 0 bridgehead atoms. The van der Waals surface area contributed by atoms with Crippen LogP contribution in [-0.4, -0.2) is 110 Å². The minimum absolute atomic E-state index is 0.684. The summed E-state index contributed by atoms with van der Waals surface area (Å²) in [5.41, 5.74) is 8.55. The van der Waals surface area contributed by atoms with Crippen LogP contribution in [0.25, 0.3) is 10.4 Å². The van der Waals surface area contributed by atoms with Crippen LogP contribution < -0.4 is 0 Å². The van der Waals surface area contributed by atoms with E-state index in [0.717, 1.165) is 0 Å². The van der Waals surface area contributed by atoms with E-state index in [1.807, 2.05) is 0 Å². The van der Waals surface area contributed by atoms with Crippen molar-refractivity contribution < 1.29 is 50.0 Å². The molecule has 0 saturated carbocycles. The zero-order valence-electron chi connectivity index (χ0n) is 12.9. The van der Waals surface area contributed by atoms with Gasteiger partial charge in [0.2, 0.25) is 5.79 Å². The number of azide groups is 1. The van der Waals surface area contributed by atoms with E-state index in [9.17, 15) is 30.6 Å². The zero-order chi connectivity index (χ0) is 18.8. The smallest absolute Gasteiger partial charge is 0.224 e. The second-order valence-electron chi connectivity index (χ2n) is 5.76. The van der Waals surface area contributed by atoms with E-state index < -0.39 is 74.6 Å². The van der Waals surface area contributed by atoms with Gasteiger partial charge in [0.05, 0.1) is 25.4 Å². The molecule has 2 fully saturated rings. The van der Waals surface area contributed by atoms with Gasteiger partial charge >= 0.3 is 0 Å². The van der Waals surface area contributed by atoms with Crippen molar-refractivity contribution in [1.29, 1.82) is 0 Å². The molecular formula is C12H21N3O10. The molecule has 0 aliphatic carbocycles. The first kappa shape index (κ1) is 20.2. The molecule has 13 nitrogen and oxygen atoms in total. The molecule has 0 aromatic rings. The van der Waals surface area contributed by atoms with Crippen molar-refractivity contribution in [2.24, 2.45) is 5.11 Å². The second kappa shape index (κ2) is 8.07. The Hall–Kier alpha value is -1.09. The highest BCUT2D eigenvalue weighted by Gasteiger charge is 2.58. The normalized spacial score (nSPS) is 47.5. The van der Waals surface area contributed by atoms with Crippen LogP contribution in [0.4, 0.5) is 0 Å². The Kier molecular flexibility index (Phi) is 6.53. The van der Waals surface area contributed by atoms with Crippen LogP contribution in [0, 0.1) is 0 Å². The number of hydrogen-bond donors (Lipinski definition) is 7. The van der Waals surface area contributed by atoms with Crippen molar-refractivity contribution in [1.82, 2.24) is 0 Å². The summed E-state index contributed by atoms with van der Waals surface area (Å²) in [6.45, 7) is -2.37. The van der Waals surface area contributed by atoms with Crippen molar-refractivity contribution in [3.63, 3.8) is 0 Å². The summed E-state index contributed by atoms with van der Waals surface area (Å²) in [5, 5.41) is 71.2. The van der Waals surface area contributed by atoms with Gasteiger partial charge < -0.3 is 50.0 Å². The Labute approximate surface area is 141 Å². The third-order valence-corrected chi connectivity index (χ3v) is 4.26. The fraction of sp³-hybridized carbons (Fsp3) is 1.00. The average molecular weight is 367 g/mol. The molecule has 0 radical (unpaired) electrons. The lowest BCUT2D eigenvalue weighted by atomic mass is 9.97. The Morgan fingerprint density at radius 3 is 2.12 bits per heavy atom. The molecule has 2 rings (SSSR count). The molecule has 2 saturated heterocycles. The van der Waals surface area contributed by atoms with Crippen LogP contribution in [-0.2, 0) is 14.2 Å². The Balaban J connectivity index is 2.25. The van der Waals surface area contributed by atoms with Gasteiger partial charge in [-0.3, -0.25) is 0 Å². The number of ether oxygens (including phenoxy) is 3. The second-order valence-corrected chi connectivity index (χ2v) is 5.76. The van der Waals surface area contributed by atoms with E-state index in [1.54, 1.807) is 0 Å². The van der Waals surface area contributed by atoms with Gasteiger partial charge in [0.25, 0.3) is 0 Å². The van der Waals surface area contributed by atoms with Gasteiger partial charge in [-0.05, 0) is 5.53 Å². The molecule has 0 aromatic carbocycles. The molecule has 0 amide bonds. The van der Waals surface area contributed by atoms with E-state index in [4.69, 9.17) is 24.8 Å². The minimum atomic E-state index is -2.25. The van der Waals surface area contributed by atoms with Gasteiger partial charge in [-0.15, -0.1) is 0 Å². The van der Waals surface area contributed by atoms with Crippen LogP contribution in [0.5, 0.6) is 0 Å². The van der Waals surface area contributed by atoms with Crippen molar-refractivity contribution in [2.75, 3.05) is 19.8 Å². The van der Waals surface area contributed by atoms with Gasteiger partial charge in [0, 0.05) is 4.91 Å². The molecule has 25 heavy (non-hydrogen) atoms. The number of aliphatic hydroxyl groups is 7. The topological polar surface area (TPSA) is 218 Å². The van der Waals surface area contributed by atoms with E-state index in [-0.39, 0.29) is 0 Å². The lowest BCUT2D eigenvalue weighted by Gasteiger charge is -2.43. The summed E-state index contributed by atoms with van der Waals surface area (Å²) >= 11 is 0. The molecular weight excluding hydrogens is 346 g/mol. The Morgan fingerprint density at radius 2 is 1.64 bits per heavy atom. The molecule has 144 valence electrons. The monoisotopic (exact) mass is 367 g/mol. The van der Waals surface area contributed by atoms with Crippen LogP contribution in [0.3, 0.4) is 0 Å². The molecule has 0 spiro atoms. The summed E-state index contributed by atoms with van der Waals surface area (Å²) < 4.78 is 15.7. The van der Waals surface area contributed by atoms with E-state index in [2.05, 4.69) is 10.0 Å². The molecule has 2 aliphatic rings. The summed E-state index contributed by atoms with van der Waals surface area (Å²) in [5.74, 6) is -2.25. The van der Waals surface area contributed by atoms with Gasteiger partial charge in [0.15, 0.2) is 6.29 Å². The van der Waals surface area contributed by atoms with Crippen LogP contribution in [0.2, 0.25) is 0 Å².